The molecule has 6 nitrogen and oxygen atoms in total. The van der Waals surface area contributed by atoms with Crippen molar-refractivity contribution in [2.24, 2.45) is 0 Å². The van der Waals surface area contributed by atoms with E-state index in [1.165, 1.54) is 0 Å². The van der Waals surface area contributed by atoms with Crippen LogP contribution in [0, 0.1) is 0 Å². The Bertz CT molecular complexity index is 931. The van der Waals surface area contributed by atoms with Crippen molar-refractivity contribution in [2.75, 3.05) is 11.4 Å². The van der Waals surface area contributed by atoms with Gasteiger partial charge in [0.05, 0.1) is 5.69 Å². The molecule has 1 saturated heterocycles. The average molecular weight is 360 g/mol. The minimum absolute atomic E-state index is 0.124. The summed E-state index contributed by atoms with van der Waals surface area (Å²) in [5.74, 6) is 0.0513. The highest BCUT2D eigenvalue weighted by Crippen LogP contribution is 2.21. The van der Waals surface area contributed by atoms with Crippen LogP contribution in [-0.2, 0) is 11.3 Å². The van der Waals surface area contributed by atoms with E-state index in [-0.39, 0.29) is 11.8 Å². The molecule has 3 aromatic rings. The van der Waals surface area contributed by atoms with Gasteiger partial charge in [-0.15, -0.1) is 0 Å². The largest absolute Gasteiger partial charge is 0.348 e. The van der Waals surface area contributed by atoms with Crippen LogP contribution in [0.5, 0.6) is 0 Å². The highest BCUT2D eigenvalue weighted by molar-refractivity contribution is 5.95. The quantitative estimate of drug-likeness (QED) is 0.761. The maximum absolute atomic E-state index is 12.3. The van der Waals surface area contributed by atoms with Crippen molar-refractivity contribution < 1.29 is 9.59 Å². The first-order valence-electron chi connectivity index (χ1n) is 8.98. The Morgan fingerprint density at radius 1 is 1.04 bits per heavy atom. The fourth-order valence-corrected chi connectivity index (χ4v) is 3.19. The molecule has 1 aliphatic rings. The zero-order valence-corrected chi connectivity index (χ0v) is 14.8. The van der Waals surface area contributed by atoms with Gasteiger partial charge in [-0.05, 0) is 54.4 Å². The molecule has 1 aromatic heterocycles. The highest BCUT2D eigenvalue weighted by Gasteiger charge is 2.21. The molecule has 2 aromatic carbocycles. The van der Waals surface area contributed by atoms with Crippen LogP contribution in [0.2, 0.25) is 0 Å². The van der Waals surface area contributed by atoms with Crippen LogP contribution in [0.25, 0.3) is 5.69 Å². The van der Waals surface area contributed by atoms with Gasteiger partial charge >= 0.3 is 0 Å². The van der Waals surface area contributed by atoms with E-state index in [0.717, 1.165) is 29.9 Å². The van der Waals surface area contributed by atoms with Gasteiger partial charge in [-0.25, -0.2) is 4.68 Å². The number of nitrogens with one attached hydrogen (secondary N) is 1. The van der Waals surface area contributed by atoms with Gasteiger partial charge in [0.15, 0.2) is 0 Å². The molecule has 27 heavy (non-hydrogen) atoms. The first kappa shape index (κ1) is 17.0. The highest BCUT2D eigenvalue weighted by atomic mass is 16.2. The topological polar surface area (TPSA) is 67.2 Å². The molecule has 0 radical (unpaired) electrons. The normalized spacial score (nSPS) is 13.8. The van der Waals surface area contributed by atoms with E-state index in [4.69, 9.17) is 0 Å². The van der Waals surface area contributed by atoms with Crippen molar-refractivity contribution in [3.63, 3.8) is 0 Å². The summed E-state index contributed by atoms with van der Waals surface area (Å²) in [6.45, 7) is 1.22. The molecule has 1 aliphatic heterocycles. The first-order valence-corrected chi connectivity index (χ1v) is 8.98. The predicted octanol–water partition coefficient (Wildman–Crippen LogP) is 2.93. The second kappa shape index (κ2) is 7.45. The number of hydrogen-bond acceptors (Lipinski definition) is 3. The zero-order chi connectivity index (χ0) is 18.6. The summed E-state index contributed by atoms with van der Waals surface area (Å²) in [5, 5.41) is 7.09. The van der Waals surface area contributed by atoms with Crippen LogP contribution in [0.4, 0.5) is 5.69 Å². The fraction of sp³-hybridized carbons (Fsp3) is 0.190. The number of aromatic nitrogens is 2. The number of amides is 2. The van der Waals surface area contributed by atoms with E-state index in [9.17, 15) is 9.59 Å². The van der Waals surface area contributed by atoms with E-state index < -0.39 is 0 Å². The number of benzene rings is 2. The predicted molar refractivity (Wildman–Crippen MR) is 103 cm³/mol. The lowest BCUT2D eigenvalue weighted by Gasteiger charge is -2.16. The standard InChI is InChI=1S/C21H20N4O2/c26-20-3-1-13-24(20)18-8-4-16(5-9-18)15-22-21(27)17-6-10-19(11-7-17)25-14-2-12-23-25/h2,4-12,14H,1,3,13,15H2,(H,22,27). The lowest BCUT2D eigenvalue weighted by Crippen LogP contribution is -2.24. The molecule has 0 atom stereocenters. The molecule has 2 amide bonds. The van der Waals surface area contributed by atoms with Crippen molar-refractivity contribution in [2.45, 2.75) is 19.4 Å². The van der Waals surface area contributed by atoms with Crippen LogP contribution in [0.15, 0.2) is 67.0 Å². The van der Waals surface area contributed by atoms with Gasteiger partial charge in [0, 0.05) is 43.2 Å². The number of anilines is 1. The van der Waals surface area contributed by atoms with Gasteiger partial charge in [0.25, 0.3) is 5.91 Å². The summed E-state index contributed by atoms with van der Waals surface area (Å²) in [6.07, 6.45) is 5.10. The van der Waals surface area contributed by atoms with Gasteiger partial charge in [-0.1, -0.05) is 12.1 Å². The van der Waals surface area contributed by atoms with Crippen LogP contribution in [0.3, 0.4) is 0 Å². The minimum Gasteiger partial charge on any atom is -0.348 e. The van der Waals surface area contributed by atoms with Crippen molar-refractivity contribution in [3.05, 3.63) is 78.1 Å². The van der Waals surface area contributed by atoms with Crippen LogP contribution >= 0.6 is 0 Å². The smallest absolute Gasteiger partial charge is 0.251 e. The Hall–Kier alpha value is -3.41. The molecule has 2 heterocycles. The first-order chi connectivity index (χ1) is 13.2. The van der Waals surface area contributed by atoms with Gasteiger partial charge in [-0.2, -0.15) is 5.10 Å². The van der Waals surface area contributed by atoms with E-state index in [2.05, 4.69) is 10.4 Å². The SMILES string of the molecule is O=C(NCc1ccc(N2CCCC2=O)cc1)c1ccc(-n2cccn2)cc1. The fourth-order valence-electron chi connectivity index (χ4n) is 3.19. The maximum Gasteiger partial charge on any atom is 0.251 e. The summed E-state index contributed by atoms with van der Waals surface area (Å²) in [7, 11) is 0. The lowest BCUT2D eigenvalue weighted by molar-refractivity contribution is -0.117. The van der Waals surface area contributed by atoms with Gasteiger partial charge in [0.2, 0.25) is 5.91 Å². The summed E-state index contributed by atoms with van der Waals surface area (Å²) >= 11 is 0. The Balaban J connectivity index is 1.35. The number of hydrogen-bond donors (Lipinski definition) is 1. The summed E-state index contributed by atoms with van der Waals surface area (Å²) in [6, 6.07) is 16.9. The van der Waals surface area contributed by atoms with Gasteiger partial charge < -0.3 is 10.2 Å². The minimum atomic E-state index is -0.124. The van der Waals surface area contributed by atoms with Crippen LogP contribution in [0.1, 0.15) is 28.8 Å². The monoisotopic (exact) mass is 360 g/mol. The number of carbonyl (C=O) groups is 2. The van der Waals surface area contributed by atoms with Crippen molar-refractivity contribution >= 4 is 17.5 Å². The average Bonchev–Trinajstić information content (AvgIpc) is 3.39. The van der Waals surface area contributed by atoms with E-state index in [1.807, 2.05) is 53.6 Å². The molecule has 6 heteroatoms. The molecular formula is C21H20N4O2. The molecule has 136 valence electrons. The van der Waals surface area contributed by atoms with E-state index >= 15 is 0 Å². The summed E-state index contributed by atoms with van der Waals surface area (Å²) in [4.78, 5) is 26.0. The van der Waals surface area contributed by atoms with Crippen molar-refractivity contribution in [1.82, 2.24) is 15.1 Å². The van der Waals surface area contributed by atoms with Crippen LogP contribution in [-0.4, -0.2) is 28.1 Å². The van der Waals surface area contributed by atoms with Crippen molar-refractivity contribution in [3.8, 4) is 5.69 Å². The second-order valence-electron chi connectivity index (χ2n) is 6.50. The Morgan fingerprint density at radius 3 is 2.41 bits per heavy atom. The molecule has 1 N–H and O–H groups in total. The molecule has 0 bridgehead atoms. The Labute approximate surface area is 157 Å². The van der Waals surface area contributed by atoms with Crippen LogP contribution < -0.4 is 10.2 Å². The third-order valence-electron chi connectivity index (χ3n) is 4.67. The Kier molecular flexibility index (Phi) is 4.70. The van der Waals surface area contributed by atoms with Gasteiger partial charge in [0.1, 0.15) is 0 Å². The van der Waals surface area contributed by atoms with E-state index in [0.29, 0.717) is 18.5 Å². The molecular weight excluding hydrogens is 340 g/mol. The maximum atomic E-state index is 12.3. The second-order valence-corrected chi connectivity index (χ2v) is 6.50. The van der Waals surface area contributed by atoms with Crippen molar-refractivity contribution in [1.29, 1.82) is 0 Å². The molecule has 4 rings (SSSR count). The van der Waals surface area contributed by atoms with E-state index in [1.54, 1.807) is 23.0 Å². The zero-order valence-electron chi connectivity index (χ0n) is 14.8. The lowest BCUT2D eigenvalue weighted by atomic mass is 10.1. The number of carbonyl (C=O) groups excluding carboxylic acids is 2. The van der Waals surface area contributed by atoms with Gasteiger partial charge in [-0.3, -0.25) is 9.59 Å². The Morgan fingerprint density at radius 2 is 1.78 bits per heavy atom. The number of rotatable bonds is 5. The summed E-state index contributed by atoms with van der Waals surface area (Å²) in [5.41, 5.74) is 3.42. The number of nitrogens with zero attached hydrogens (tertiary/aromatic N) is 3. The molecule has 0 spiro atoms. The molecule has 0 saturated carbocycles. The molecule has 1 fully saturated rings. The molecule has 0 unspecified atom stereocenters. The molecule has 0 aliphatic carbocycles. The third-order valence-corrected chi connectivity index (χ3v) is 4.67. The third kappa shape index (κ3) is 3.74. The summed E-state index contributed by atoms with van der Waals surface area (Å²) < 4.78 is 1.74.